The van der Waals surface area contributed by atoms with E-state index in [2.05, 4.69) is 0 Å². The molecule has 1 aromatic carbocycles. The van der Waals surface area contributed by atoms with Gasteiger partial charge in [0.25, 0.3) is 0 Å². The number of rotatable bonds is 1. The van der Waals surface area contributed by atoms with Gasteiger partial charge in [0.05, 0.1) is 17.0 Å². The van der Waals surface area contributed by atoms with E-state index in [0.717, 1.165) is 18.1 Å². The zero-order valence-corrected chi connectivity index (χ0v) is 10.3. The van der Waals surface area contributed by atoms with Crippen LogP contribution in [0.15, 0.2) is 23.1 Å². The Hall–Kier alpha value is -2.17. The normalized spacial score (nSPS) is 17.7. The van der Waals surface area contributed by atoms with Crippen molar-refractivity contribution in [2.45, 2.75) is 25.8 Å². The molecular formula is C14H11FNO3-. The van der Waals surface area contributed by atoms with Gasteiger partial charge in [-0.1, -0.05) is 0 Å². The number of aromatic nitrogens is 1. The van der Waals surface area contributed by atoms with Crippen LogP contribution in [0.25, 0.3) is 10.9 Å². The van der Waals surface area contributed by atoms with Crippen molar-refractivity contribution < 1.29 is 14.3 Å². The monoisotopic (exact) mass is 260 g/mol. The molecule has 1 aliphatic heterocycles. The second-order valence-electron chi connectivity index (χ2n) is 4.92. The fraction of sp³-hybridized carbons (Fsp3) is 0.286. The minimum Gasteiger partial charge on any atom is -0.545 e. The van der Waals surface area contributed by atoms with Gasteiger partial charge in [-0.25, -0.2) is 4.39 Å². The number of aryl methyl sites for hydroxylation is 1. The van der Waals surface area contributed by atoms with Gasteiger partial charge in [-0.05, 0) is 37.5 Å². The molecule has 1 aromatic heterocycles. The van der Waals surface area contributed by atoms with Crippen molar-refractivity contribution in [3.63, 3.8) is 0 Å². The molecule has 0 spiro atoms. The third-order valence-electron chi connectivity index (χ3n) is 3.70. The standard InChI is InChI=1S/C14H12FNO3/c1-7-2-3-8-4-9(15)5-10-12(8)16(7)6-11(13(10)17)14(18)19/h4-7H,2-3H2,1H3,(H,18,19)/p-1/t7-/m1/s1. The minimum atomic E-state index is -1.53. The van der Waals surface area contributed by atoms with Crippen LogP contribution in [-0.2, 0) is 6.42 Å². The van der Waals surface area contributed by atoms with Crippen LogP contribution in [0, 0.1) is 5.82 Å². The first-order chi connectivity index (χ1) is 8.99. The number of nitrogens with zero attached hydrogens (tertiary/aromatic N) is 1. The second-order valence-corrected chi connectivity index (χ2v) is 4.92. The Morgan fingerprint density at radius 2 is 2.21 bits per heavy atom. The Morgan fingerprint density at radius 1 is 1.47 bits per heavy atom. The van der Waals surface area contributed by atoms with Gasteiger partial charge >= 0.3 is 0 Å². The molecule has 0 bridgehead atoms. The van der Waals surface area contributed by atoms with Crippen molar-refractivity contribution in [1.82, 2.24) is 4.57 Å². The summed E-state index contributed by atoms with van der Waals surface area (Å²) in [4.78, 5) is 23.1. The molecule has 0 N–H and O–H groups in total. The third-order valence-corrected chi connectivity index (χ3v) is 3.70. The van der Waals surface area contributed by atoms with Crippen LogP contribution in [0.3, 0.4) is 0 Å². The first-order valence-electron chi connectivity index (χ1n) is 6.07. The van der Waals surface area contributed by atoms with Crippen LogP contribution in [0.2, 0.25) is 0 Å². The number of benzene rings is 1. The van der Waals surface area contributed by atoms with Crippen LogP contribution in [0.4, 0.5) is 4.39 Å². The van der Waals surface area contributed by atoms with E-state index in [4.69, 9.17) is 0 Å². The summed E-state index contributed by atoms with van der Waals surface area (Å²) in [6, 6.07) is 2.57. The van der Waals surface area contributed by atoms with Crippen LogP contribution in [-0.4, -0.2) is 10.5 Å². The van der Waals surface area contributed by atoms with Gasteiger partial charge in [-0.15, -0.1) is 0 Å². The number of hydrogen-bond donors (Lipinski definition) is 0. The van der Waals surface area contributed by atoms with Gasteiger partial charge in [-0.2, -0.15) is 0 Å². The number of halogens is 1. The van der Waals surface area contributed by atoms with Crippen molar-refractivity contribution in [1.29, 1.82) is 0 Å². The average molecular weight is 260 g/mol. The van der Waals surface area contributed by atoms with Crippen LogP contribution >= 0.6 is 0 Å². The molecule has 2 heterocycles. The molecule has 0 aliphatic carbocycles. The summed E-state index contributed by atoms with van der Waals surface area (Å²) in [5.74, 6) is -2.05. The van der Waals surface area contributed by atoms with E-state index < -0.39 is 22.8 Å². The summed E-state index contributed by atoms with van der Waals surface area (Å²) in [6.45, 7) is 1.94. The number of aromatic carboxylic acids is 1. The SMILES string of the molecule is C[C@@H]1CCc2cc(F)cc3c(=O)c(C(=O)[O-])cn1c23. The highest BCUT2D eigenvalue weighted by Crippen LogP contribution is 2.30. The number of carbonyl (C=O) groups is 1. The Bertz CT molecular complexity index is 763. The van der Waals surface area contributed by atoms with E-state index in [0.29, 0.717) is 11.9 Å². The Labute approximate surface area is 108 Å². The fourth-order valence-corrected chi connectivity index (χ4v) is 2.73. The molecule has 0 saturated carbocycles. The lowest BCUT2D eigenvalue weighted by molar-refractivity contribution is -0.255. The summed E-state index contributed by atoms with van der Waals surface area (Å²) in [5.41, 5.74) is 0.282. The summed E-state index contributed by atoms with van der Waals surface area (Å²) < 4.78 is 15.3. The van der Waals surface area contributed by atoms with E-state index in [1.165, 1.54) is 12.3 Å². The smallest absolute Gasteiger partial charge is 0.198 e. The molecule has 0 unspecified atom stereocenters. The van der Waals surface area contributed by atoms with Gasteiger partial charge in [0.2, 0.25) is 0 Å². The maximum absolute atomic E-state index is 13.5. The third kappa shape index (κ3) is 1.65. The molecule has 5 heteroatoms. The molecule has 0 saturated heterocycles. The molecule has 2 aromatic rings. The second kappa shape index (κ2) is 3.91. The van der Waals surface area contributed by atoms with Crippen LogP contribution < -0.4 is 10.5 Å². The topological polar surface area (TPSA) is 62.1 Å². The number of carbonyl (C=O) groups excluding carboxylic acids is 1. The lowest BCUT2D eigenvalue weighted by Crippen LogP contribution is -2.31. The molecule has 98 valence electrons. The highest BCUT2D eigenvalue weighted by molar-refractivity contribution is 5.92. The molecular weight excluding hydrogens is 249 g/mol. The van der Waals surface area contributed by atoms with Crippen molar-refractivity contribution in [3.05, 3.63) is 45.5 Å². The summed E-state index contributed by atoms with van der Waals surface area (Å²) >= 11 is 0. The molecule has 0 fully saturated rings. The molecule has 19 heavy (non-hydrogen) atoms. The van der Waals surface area contributed by atoms with Gasteiger partial charge in [-0.3, -0.25) is 4.79 Å². The van der Waals surface area contributed by atoms with Crippen molar-refractivity contribution in [2.75, 3.05) is 0 Å². The maximum Gasteiger partial charge on any atom is 0.198 e. The average Bonchev–Trinajstić information content (AvgIpc) is 2.35. The zero-order valence-electron chi connectivity index (χ0n) is 10.3. The van der Waals surface area contributed by atoms with Gasteiger partial charge < -0.3 is 14.5 Å². The van der Waals surface area contributed by atoms with E-state index in [1.54, 1.807) is 4.57 Å². The Kier molecular flexibility index (Phi) is 2.45. The van der Waals surface area contributed by atoms with Gasteiger partial charge in [0.15, 0.2) is 5.43 Å². The molecule has 0 amide bonds. The van der Waals surface area contributed by atoms with Gasteiger partial charge in [0.1, 0.15) is 5.82 Å². The van der Waals surface area contributed by atoms with Crippen molar-refractivity contribution in [2.24, 2.45) is 0 Å². The lowest BCUT2D eigenvalue weighted by Gasteiger charge is -2.27. The number of hydrogen-bond acceptors (Lipinski definition) is 3. The Balaban J connectivity index is 2.53. The first kappa shape index (κ1) is 11.9. The van der Waals surface area contributed by atoms with Gasteiger partial charge in [0, 0.05) is 17.6 Å². The number of pyridine rings is 1. The molecule has 0 radical (unpaired) electrons. The lowest BCUT2D eigenvalue weighted by atomic mass is 9.96. The minimum absolute atomic E-state index is 0.0687. The van der Waals surface area contributed by atoms with Crippen LogP contribution in [0.5, 0.6) is 0 Å². The maximum atomic E-state index is 13.5. The quantitative estimate of drug-likeness (QED) is 0.768. The summed E-state index contributed by atoms with van der Waals surface area (Å²) in [5, 5.41) is 11.1. The largest absolute Gasteiger partial charge is 0.545 e. The van der Waals surface area contributed by atoms with Crippen molar-refractivity contribution in [3.8, 4) is 0 Å². The summed E-state index contributed by atoms with van der Waals surface area (Å²) in [7, 11) is 0. The zero-order chi connectivity index (χ0) is 13.7. The molecule has 1 aliphatic rings. The Morgan fingerprint density at radius 3 is 2.89 bits per heavy atom. The predicted octanol–water partition coefficient (Wildman–Crippen LogP) is 1.01. The fourth-order valence-electron chi connectivity index (χ4n) is 2.73. The molecule has 3 rings (SSSR count). The number of carboxylic acids is 1. The summed E-state index contributed by atoms with van der Waals surface area (Å²) in [6.07, 6.45) is 2.77. The van der Waals surface area contributed by atoms with E-state index in [-0.39, 0.29) is 11.4 Å². The first-order valence-corrected chi connectivity index (χ1v) is 6.07. The van der Waals surface area contributed by atoms with E-state index in [9.17, 15) is 19.1 Å². The molecule has 1 atom stereocenters. The van der Waals surface area contributed by atoms with E-state index in [1.807, 2.05) is 6.92 Å². The highest BCUT2D eigenvalue weighted by Gasteiger charge is 2.21. The van der Waals surface area contributed by atoms with E-state index >= 15 is 0 Å². The number of carboxylic acid groups (broad SMARTS) is 1. The van der Waals surface area contributed by atoms with Crippen molar-refractivity contribution >= 4 is 16.9 Å². The molecule has 4 nitrogen and oxygen atoms in total. The predicted molar refractivity (Wildman–Crippen MR) is 65.5 cm³/mol. The van der Waals surface area contributed by atoms with Crippen LogP contribution in [0.1, 0.15) is 35.3 Å². The highest BCUT2D eigenvalue weighted by atomic mass is 19.1.